The molecule has 0 unspecified atom stereocenters. The first-order valence-electron chi connectivity index (χ1n) is 15.1. The lowest BCUT2D eigenvalue weighted by Gasteiger charge is -2.33. The molecule has 1 saturated heterocycles. The number of amides is 3. The van der Waals surface area contributed by atoms with Crippen molar-refractivity contribution in [3.8, 4) is 0 Å². The molecule has 11 nitrogen and oxygen atoms in total. The summed E-state index contributed by atoms with van der Waals surface area (Å²) in [5.41, 5.74) is 8.02. The van der Waals surface area contributed by atoms with Gasteiger partial charge in [-0.25, -0.2) is 13.1 Å². The molecule has 2 atom stereocenters. The lowest BCUT2D eigenvalue weighted by Crippen LogP contribution is -2.55. The monoisotopic (exact) mass is 653 g/mol. The van der Waals surface area contributed by atoms with Crippen molar-refractivity contribution in [2.75, 3.05) is 38.6 Å². The van der Waals surface area contributed by atoms with Gasteiger partial charge < -0.3 is 25.6 Å². The summed E-state index contributed by atoms with van der Waals surface area (Å²) in [6.45, 7) is 9.50. The molecule has 1 aliphatic heterocycles. The van der Waals surface area contributed by atoms with E-state index in [1.807, 2.05) is 13.8 Å². The first kappa shape index (κ1) is 37.4. The molecule has 0 bridgehead atoms. The van der Waals surface area contributed by atoms with Crippen molar-refractivity contribution in [2.24, 2.45) is 5.73 Å². The fourth-order valence-electron chi connectivity index (χ4n) is 4.79. The Morgan fingerprint density at radius 1 is 1.20 bits per heavy atom. The third-order valence-electron chi connectivity index (χ3n) is 7.35. The number of hydrogen-bond donors (Lipinski definition) is 3. The molecule has 44 heavy (non-hydrogen) atoms. The largest absolute Gasteiger partial charge is 0.378 e. The molecule has 4 N–H and O–H groups in total. The third-order valence-corrected chi connectivity index (χ3v) is 9.06. The number of benzene rings is 1. The highest BCUT2D eigenvalue weighted by molar-refractivity contribution is 7.89. The van der Waals surface area contributed by atoms with Crippen molar-refractivity contribution < 1.29 is 27.5 Å². The van der Waals surface area contributed by atoms with Crippen LogP contribution >= 0.6 is 11.6 Å². The molecule has 2 rings (SSSR count). The summed E-state index contributed by atoms with van der Waals surface area (Å²) in [6, 6.07) is 3.12. The Kier molecular flexibility index (Phi) is 16.1. The van der Waals surface area contributed by atoms with Gasteiger partial charge in [-0.3, -0.25) is 14.4 Å². The first-order valence-corrected chi connectivity index (χ1v) is 17.1. The minimum absolute atomic E-state index is 0.0366. The maximum atomic E-state index is 14.1. The topological polar surface area (TPSA) is 151 Å². The van der Waals surface area contributed by atoms with Crippen LogP contribution in [-0.2, 0) is 42.2 Å². The average molecular weight is 654 g/mol. The second-order valence-corrected chi connectivity index (χ2v) is 13.1. The van der Waals surface area contributed by atoms with Gasteiger partial charge in [0, 0.05) is 44.2 Å². The van der Waals surface area contributed by atoms with Crippen LogP contribution in [-0.4, -0.2) is 86.6 Å². The lowest BCUT2D eigenvalue weighted by molar-refractivity contribution is -0.142. The minimum atomic E-state index is -3.96. The zero-order valence-corrected chi connectivity index (χ0v) is 27.9. The molecule has 0 radical (unpaired) electrons. The quantitative estimate of drug-likeness (QED) is 0.219. The highest BCUT2D eigenvalue weighted by Gasteiger charge is 2.34. The molecule has 1 fully saturated rings. The van der Waals surface area contributed by atoms with Gasteiger partial charge in [-0.05, 0) is 56.9 Å². The molecule has 0 saturated carbocycles. The van der Waals surface area contributed by atoms with Crippen molar-refractivity contribution in [3.05, 3.63) is 58.1 Å². The van der Waals surface area contributed by atoms with E-state index in [1.165, 1.54) is 4.90 Å². The lowest BCUT2D eigenvalue weighted by atomic mass is 10.1. The Morgan fingerprint density at radius 2 is 1.91 bits per heavy atom. The van der Waals surface area contributed by atoms with Crippen molar-refractivity contribution in [1.29, 1.82) is 0 Å². The molecule has 1 heterocycles. The van der Waals surface area contributed by atoms with Crippen LogP contribution in [0.25, 0.3) is 0 Å². The van der Waals surface area contributed by atoms with Gasteiger partial charge in [-0.15, -0.1) is 0 Å². The predicted molar refractivity (Wildman–Crippen MR) is 173 cm³/mol. The van der Waals surface area contributed by atoms with Crippen LogP contribution in [0.15, 0.2) is 42.0 Å². The Bertz CT molecular complexity index is 1280. The Balaban J connectivity index is 2.29. The van der Waals surface area contributed by atoms with E-state index in [9.17, 15) is 22.8 Å². The molecule has 13 heteroatoms. The molecule has 3 amide bonds. The Morgan fingerprint density at radius 3 is 2.55 bits per heavy atom. The molecular formula is C31H48ClN5O6S. The van der Waals surface area contributed by atoms with Crippen LogP contribution in [0.1, 0.15) is 64.5 Å². The van der Waals surface area contributed by atoms with Crippen LogP contribution < -0.4 is 15.8 Å². The first-order chi connectivity index (χ1) is 20.9. The maximum absolute atomic E-state index is 14.1. The fourth-order valence-corrected chi connectivity index (χ4v) is 6.42. The van der Waals surface area contributed by atoms with Crippen LogP contribution in [0.4, 0.5) is 0 Å². The van der Waals surface area contributed by atoms with Crippen molar-refractivity contribution in [2.45, 2.75) is 78.6 Å². The average Bonchev–Trinajstić information content (AvgIpc) is 3.00. The number of nitrogens with two attached hydrogens (primary N) is 1. The summed E-state index contributed by atoms with van der Waals surface area (Å²) in [5, 5.41) is 3.38. The number of rotatable bonds is 17. The summed E-state index contributed by atoms with van der Waals surface area (Å²) in [7, 11) is -3.96. The second-order valence-electron chi connectivity index (χ2n) is 10.9. The number of carbonyl (C=O) groups is 3. The van der Waals surface area contributed by atoms with Gasteiger partial charge >= 0.3 is 0 Å². The summed E-state index contributed by atoms with van der Waals surface area (Å²) >= 11 is 6.14. The van der Waals surface area contributed by atoms with Crippen LogP contribution in [0.3, 0.4) is 0 Å². The zero-order valence-electron chi connectivity index (χ0n) is 26.3. The Hall–Kier alpha value is -2.77. The van der Waals surface area contributed by atoms with E-state index in [-0.39, 0.29) is 44.1 Å². The van der Waals surface area contributed by atoms with E-state index in [0.717, 1.165) is 17.5 Å². The van der Waals surface area contributed by atoms with E-state index in [0.29, 0.717) is 43.3 Å². The van der Waals surface area contributed by atoms with Crippen molar-refractivity contribution >= 4 is 39.3 Å². The molecule has 0 aliphatic carbocycles. The van der Waals surface area contributed by atoms with Gasteiger partial charge in [0.2, 0.25) is 27.7 Å². The van der Waals surface area contributed by atoms with Crippen molar-refractivity contribution in [1.82, 2.24) is 19.8 Å². The van der Waals surface area contributed by atoms with E-state index in [4.69, 9.17) is 22.1 Å². The van der Waals surface area contributed by atoms with Crippen LogP contribution in [0, 0.1) is 0 Å². The number of hydrogen-bond acceptors (Lipinski definition) is 7. The van der Waals surface area contributed by atoms with Gasteiger partial charge in [0.05, 0.1) is 19.0 Å². The number of nitrogens with one attached hydrogen (secondary N) is 2. The summed E-state index contributed by atoms with van der Waals surface area (Å²) in [5.74, 6) is -1.46. The van der Waals surface area contributed by atoms with E-state index >= 15 is 0 Å². The molecule has 246 valence electrons. The summed E-state index contributed by atoms with van der Waals surface area (Å²) < 4.78 is 34.3. The summed E-state index contributed by atoms with van der Waals surface area (Å²) in [6.07, 6.45) is 6.48. The molecule has 1 aromatic carbocycles. The molecule has 1 aromatic rings. The highest BCUT2D eigenvalue weighted by Crippen LogP contribution is 2.17. The van der Waals surface area contributed by atoms with E-state index in [2.05, 4.69) is 10.0 Å². The van der Waals surface area contributed by atoms with Gasteiger partial charge in [0.25, 0.3) is 0 Å². The minimum Gasteiger partial charge on any atom is -0.378 e. The molecule has 1 aliphatic rings. The third kappa shape index (κ3) is 12.3. The van der Waals surface area contributed by atoms with Crippen LogP contribution in [0.2, 0.25) is 5.02 Å². The van der Waals surface area contributed by atoms with Gasteiger partial charge in [-0.1, -0.05) is 54.8 Å². The second kappa shape index (κ2) is 18.9. The Labute approximate surface area is 267 Å². The normalized spacial score (nSPS) is 15.7. The number of morpholine rings is 1. The van der Waals surface area contributed by atoms with Gasteiger partial charge in [-0.2, -0.15) is 0 Å². The summed E-state index contributed by atoms with van der Waals surface area (Å²) in [4.78, 5) is 43.4. The number of halogens is 1. The smallest absolute Gasteiger partial charge is 0.242 e. The number of carbonyl (C=O) groups excluding carboxylic acids is 3. The van der Waals surface area contributed by atoms with Gasteiger partial charge in [0.15, 0.2) is 0 Å². The van der Waals surface area contributed by atoms with Gasteiger partial charge in [0.1, 0.15) is 12.1 Å². The SMILES string of the molecule is C/C=C\C=C(/C)CS(=O)(=O)N[C@H](CCC(=O)N1CCOCC1)C(=O)N(CCCC)[C@@H](C)C(=O)NCc1cc(Cl)ccc1CN. The van der Waals surface area contributed by atoms with E-state index in [1.54, 1.807) is 55.2 Å². The molecule has 0 aromatic heterocycles. The highest BCUT2D eigenvalue weighted by atomic mass is 35.5. The van der Waals surface area contributed by atoms with E-state index < -0.39 is 33.9 Å². The van der Waals surface area contributed by atoms with Crippen LogP contribution in [0.5, 0.6) is 0 Å². The predicted octanol–water partition coefficient (Wildman–Crippen LogP) is 2.88. The molecule has 0 spiro atoms. The number of sulfonamides is 1. The number of unbranched alkanes of at least 4 members (excludes halogenated alkanes) is 1. The number of allylic oxidation sites excluding steroid dienone is 3. The standard InChI is InChI=1S/C31H48ClN5O6S/c1-5-7-9-23(3)22-44(41,42)35-28(12-13-29(38)36-15-17-43-18-16-36)31(40)37(14-8-6-2)24(4)30(39)34-21-26-19-27(32)11-10-25(26)20-33/h5,7,9-11,19,24,28,35H,6,8,12-18,20-22,33H2,1-4H3,(H,34,39)/b7-5-,23-9+/t24-,28+/m0/s1. The van der Waals surface area contributed by atoms with Crippen molar-refractivity contribution in [3.63, 3.8) is 0 Å². The fraction of sp³-hybridized carbons (Fsp3) is 0.581. The number of ether oxygens (including phenoxy) is 1. The zero-order chi connectivity index (χ0) is 32.7. The molecular weight excluding hydrogens is 606 g/mol. The number of nitrogens with zero attached hydrogens (tertiary/aromatic N) is 2. The maximum Gasteiger partial charge on any atom is 0.242 e.